The van der Waals surface area contributed by atoms with Gasteiger partial charge < -0.3 is 10.2 Å². The van der Waals surface area contributed by atoms with Gasteiger partial charge in [0.15, 0.2) is 0 Å². The quantitative estimate of drug-likeness (QED) is 0.811. The van der Waals surface area contributed by atoms with Crippen LogP contribution in [0.3, 0.4) is 0 Å². The first-order chi connectivity index (χ1) is 11.3. The van der Waals surface area contributed by atoms with E-state index in [4.69, 9.17) is 0 Å². The summed E-state index contributed by atoms with van der Waals surface area (Å²) in [5.41, 5.74) is 3.39. The van der Waals surface area contributed by atoms with E-state index < -0.39 is 0 Å². The van der Waals surface area contributed by atoms with E-state index in [2.05, 4.69) is 25.7 Å². The van der Waals surface area contributed by atoms with Crippen LogP contribution in [-0.2, 0) is 4.79 Å². The number of ketones is 1. The van der Waals surface area contributed by atoms with Crippen LogP contribution in [0.25, 0.3) is 0 Å². The predicted molar refractivity (Wildman–Crippen MR) is 95.4 cm³/mol. The summed E-state index contributed by atoms with van der Waals surface area (Å²) in [7, 11) is 0. The Morgan fingerprint density at radius 3 is 2.62 bits per heavy atom. The van der Waals surface area contributed by atoms with Gasteiger partial charge in [-0.2, -0.15) is 0 Å². The van der Waals surface area contributed by atoms with Gasteiger partial charge in [0.2, 0.25) is 0 Å². The number of carbonyl (C=O) groups is 1. The lowest BCUT2D eigenvalue weighted by Gasteiger charge is -2.43. The van der Waals surface area contributed by atoms with Crippen molar-refractivity contribution < 1.29 is 15.0 Å². The molecule has 3 rings (SSSR count). The van der Waals surface area contributed by atoms with Gasteiger partial charge in [-0.3, -0.25) is 4.79 Å². The van der Waals surface area contributed by atoms with Crippen LogP contribution in [0.5, 0.6) is 0 Å². The number of fused-ring (bicyclic) bond motifs is 1. The Morgan fingerprint density at radius 2 is 1.92 bits per heavy atom. The maximum atomic E-state index is 12.1. The Hall–Kier alpha value is -1.19. The van der Waals surface area contributed by atoms with Crippen molar-refractivity contribution in [2.24, 2.45) is 17.3 Å². The highest BCUT2D eigenvalue weighted by Gasteiger charge is 2.52. The van der Waals surface area contributed by atoms with Gasteiger partial charge in [0.25, 0.3) is 0 Å². The first-order valence-electron chi connectivity index (χ1n) is 9.25. The monoisotopic (exact) mass is 330 g/mol. The van der Waals surface area contributed by atoms with Gasteiger partial charge in [-0.15, -0.1) is 0 Å². The van der Waals surface area contributed by atoms with Gasteiger partial charge in [-0.25, -0.2) is 0 Å². The molecule has 0 amide bonds. The summed E-state index contributed by atoms with van der Waals surface area (Å²) in [6.45, 7) is 8.00. The second-order valence-corrected chi connectivity index (χ2v) is 8.29. The zero-order valence-corrected chi connectivity index (χ0v) is 14.9. The van der Waals surface area contributed by atoms with Gasteiger partial charge in [0, 0.05) is 5.92 Å². The molecule has 0 spiro atoms. The molecule has 3 saturated carbocycles. The van der Waals surface area contributed by atoms with Gasteiger partial charge in [0.05, 0.1) is 12.2 Å². The molecule has 0 unspecified atom stereocenters. The molecule has 3 aliphatic carbocycles. The molecule has 2 N–H and O–H groups in total. The van der Waals surface area contributed by atoms with Gasteiger partial charge in [-0.1, -0.05) is 36.8 Å². The summed E-state index contributed by atoms with van der Waals surface area (Å²) in [6.07, 6.45) is 9.32. The van der Waals surface area contributed by atoms with Crippen molar-refractivity contribution in [3.8, 4) is 0 Å². The fourth-order valence-corrected chi connectivity index (χ4v) is 5.37. The first kappa shape index (κ1) is 17.6. The number of hydrogen-bond donors (Lipinski definition) is 2. The Balaban J connectivity index is 1.87. The molecule has 3 fully saturated rings. The summed E-state index contributed by atoms with van der Waals surface area (Å²) < 4.78 is 0. The Kier molecular flexibility index (Phi) is 4.85. The average Bonchev–Trinajstić information content (AvgIpc) is 2.84. The molecule has 24 heavy (non-hydrogen) atoms. The van der Waals surface area contributed by atoms with Crippen LogP contribution in [0, 0.1) is 17.3 Å². The molecular formula is C21H30O3. The highest BCUT2D eigenvalue weighted by molar-refractivity contribution is 5.79. The lowest BCUT2D eigenvalue weighted by atomic mass is 9.62. The third kappa shape index (κ3) is 3.16. The third-order valence-electron chi connectivity index (χ3n) is 6.61. The smallest absolute Gasteiger partial charge is 0.133 e. The highest BCUT2D eigenvalue weighted by Crippen LogP contribution is 2.57. The maximum Gasteiger partial charge on any atom is 0.133 e. The number of aliphatic hydroxyl groups is 2. The number of carbonyl (C=O) groups excluding carboxylic acids is 1. The van der Waals surface area contributed by atoms with Gasteiger partial charge in [0.1, 0.15) is 5.78 Å². The van der Waals surface area contributed by atoms with Crippen LogP contribution < -0.4 is 0 Å². The molecule has 0 heterocycles. The summed E-state index contributed by atoms with van der Waals surface area (Å²) in [5.74, 6) is 0.712. The number of rotatable bonds is 2. The van der Waals surface area contributed by atoms with Crippen LogP contribution in [0.4, 0.5) is 0 Å². The third-order valence-corrected chi connectivity index (χ3v) is 6.61. The zero-order chi connectivity index (χ0) is 17.5. The van der Waals surface area contributed by atoms with E-state index in [0.717, 1.165) is 43.3 Å². The molecule has 3 nitrogen and oxygen atoms in total. The number of allylic oxidation sites excluding steroid dienone is 3. The van der Waals surface area contributed by atoms with Crippen molar-refractivity contribution in [2.45, 2.75) is 71.0 Å². The number of aliphatic hydroxyl groups excluding tert-OH is 2. The van der Waals surface area contributed by atoms with E-state index in [-0.39, 0.29) is 29.3 Å². The number of hydrogen-bond acceptors (Lipinski definition) is 3. The van der Waals surface area contributed by atoms with Crippen molar-refractivity contribution in [1.82, 2.24) is 0 Å². The minimum absolute atomic E-state index is 0.0694. The van der Waals surface area contributed by atoms with E-state index in [0.29, 0.717) is 18.8 Å². The van der Waals surface area contributed by atoms with Crippen molar-refractivity contribution in [1.29, 1.82) is 0 Å². The molecule has 5 atom stereocenters. The van der Waals surface area contributed by atoms with Gasteiger partial charge >= 0.3 is 0 Å². The lowest BCUT2D eigenvalue weighted by molar-refractivity contribution is -0.125. The van der Waals surface area contributed by atoms with E-state index in [9.17, 15) is 15.0 Å². The van der Waals surface area contributed by atoms with E-state index in [1.54, 1.807) is 6.92 Å². The fraction of sp³-hybridized carbons (Fsp3) is 0.667. The topological polar surface area (TPSA) is 57.5 Å². The minimum Gasteiger partial charge on any atom is -0.393 e. The van der Waals surface area contributed by atoms with E-state index >= 15 is 0 Å². The lowest BCUT2D eigenvalue weighted by Crippen LogP contribution is -2.41. The zero-order valence-electron chi connectivity index (χ0n) is 14.9. The Labute approximate surface area is 145 Å². The van der Waals surface area contributed by atoms with Crippen LogP contribution >= 0.6 is 0 Å². The summed E-state index contributed by atoms with van der Waals surface area (Å²) in [6, 6.07) is 0. The number of Topliss-reactive ketones (excluding diaryl/α,β-unsaturated/α-hetero) is 1. The molecule has 0 radical (unpaired) electrons. The highest BCUT2D eigenvalue weighted by atomic mass is 16.3. The van der Waals surface area contributed by atoms with Crippen molar-refractivity contribution in [3.63, 3.8) is 0 Å². The van der Waals surface area contributed by atoms with Crippen molar-refractivity contribution in [3.05, 3.63) is 35.5 Å². The second-order valence-electron chi connectivity index (χ2n) is 8.29. The van der Waals surface area contributed by atoms with Gasteiger partial charge in [-0.05, 0) is 68.8 Å². The van der Waals surface area contributed by atoms with Crippen LogP contribution in [0.15, 0.2) is 35.5 Å². The standard InChI is InChI=1S/C21H30O3/c1-13-4-7-17(23)10-15(13)5-6-16-11-18(24)12-21(3)19(14(2)22)8-9-20(16)21/h5-6,17-20,23-24H,1,4,7-12H2,2-3H3/b15-5-,16-6+/t17-,18+,19-,20+,21-/m1/s1. The molecule has 3 aliphatic rings. The molecular weight excluding hydrogens is 300 g/mol. The van der Waals surface area contributed by atoms with Crippen LogP contribution in [-0.4, -0.2) is 28.2 Å². The predicted octanol–water partition coefficient (Wildman–Crippen LogP) is 3.72. The molecule has 0 aromatic carbocycles. The second kappa shape index (κ2) is 6.61. The Morgan fingerprint density at radius 1 is 1.17 bits per heavy atom. The molecule has 3 heteroatoms. The summed E-state index contributed by atoms with van der Waals surface area (Å²) in [4.78, 5) is 12.1. The summed E-state index contributed by atoms with van der Waals surface area (Å²) >= 11 is 0. The SMILES string of the molecule is C=C1CC[C@@H](O)C/C1=C/C=C1\C[C@H](O)C[C@]2(C)[C@@H](C(C)=O)CC[C@@H]12. The molecule has 0 aromatic heterocycles. The molecule has 0 aliphatic heterocycles. The van der Waals surface area contributed by atoms with Crippen LogP contribution in [0.2, 0.25) is 0 Å². The molecule has 132 valence electrons. The van der Waals surface area contributed by atoms with E-state index in [1.807, 2.05) is 0 Å². The molecule has 0 saturated heterocycles. The Bertz CT molecular complexity index is 600. The molecule has 0 bridgehead atoms. The van der Waals surface area contributed by atoms with Crippen molar-refractivity contribution >= 4 is 5.78 Å². The van der Waals surface area contributed by atoms with Crippen LogP contribution in [0.1, 0.15) is 58.8 Å². The average molecular weight is 330 g/mol. The summed E-state index contributed by atoms with van der Waals surface area (Å²) in [5, 5.41) is 20.3. The maximum absolute atomic E-state index is 12.1. The normalized spacial score (nSPS) is 43.2. The molecule has 0 aromatic rings. The largest absolute Gasteiger partial charge is 0.393 e. The van der Waals surface area contributed by atoms with Crippen molar-refractivity contribution in [2.75, 3.05) is 0 Å². The first-order valence-corrected chi connectivity index (χ1v) is 9.25. The fourth-order valence-electron chi connectivity index (χ4n) is 5.37. The minimum atomic E-state index is -0.365. The van der Waals surface area contributed by atoms with E-state index in [1.165, 1.54) is 5.57 Å².